The van der Waals surface area contributed by atoms with Crippen molar-refractivity contribution in [1.29, 1.82) is 0 Å². The van der Waals surface area contributed by atoms with Gasteiger partial charge in [-0.15, -0.1) is 0 Å². The Kier molecular flexibility index (Phi) is 8.39. The van der Waals surface area contributed by atoms with Gasteiger partial charge in [0, 0.05) is 0 Å². The summed E-state index contributed by atoms with van der Waals surface area (Å²) < 4.78 is 4.90. The molecule has 0 heterocycles. The summed E-state index contributed by atoms with van der Waals surface area (Å²) in [6.45, 7) is 6.39. The lowest BCUT2D eigenvalue weighted by molar-refractivity contribution is 0.112. The number of ether oxygens (including phenoxy) is 1. The van der Waals surface area contributed by atoms with Crippen LogP contribution in [0.4, 0.5) is 0 Å². The third kappa shape index (κ3) is 5.86. The molecule has 0 bridgehead atoms. The smallest absolute Gasteiger partial charge is 0.153 e. The number of hydrogen-bond donors (Lipinski definition) is 1. The third-order valence-electron chi connectivity index (χ3n) is 1.77. The molecule has 0 saturated carbocycles. The van der Waals surface area contributed by atoms with E-state index in [1.807, 2.05) is 6.07 Å². The molecule has 1 aromatic carbocycles. The lowest BCUT2D eigenvalue weighted by Crippen LogP contribution is -2.09. The Labute approximate surface area is 91.5 Å². The molecular weight excluding hydrogens is 190 g/mol. The zero-order valence-electron chi connectivity index (χ0n) is 9.62. The maximum atomic E-state index is 10.3. The number of benzene rings is 1. The van der Waals surface area contributed by atoms with Crippen LogP contribution in [0.15, 0.2) is 24.3 Å². The summed E-state index contributed by atoms with van der Waals surface area (Å²) in [7, 11) is 1.54. The fraction of sp³-hybridized carbons (Fsp3) is 0.417. The highest BCUT2D eigenvalue weighted by Gasteiger charge is 1.96. The molecule has 0 spiro atoms. The van der Waals surface area contributed by atoms with Crippen LogP contribution in [-0.2, 0) is 0 Å². The predicted molar refractivity (Wildman–Crippen MR) is 62.6 cm³/mol. The number of para-hydroxylation sites is 1. The summed E-state index contributed by atoms with van der Waals surface area (Å²) >= 11 is 0. The van der Waals surface area contributed by atoms with Crippen LogP contribution in [0.5, 0.6) is 5.75 Å². The summed E-state index contributed by atoms with van der Waals surface area (Å²) in [4.78, 5) is 10.3. The largest absolute Gasteiger partial charge is 0.496 e. The van der Waals surface area contributed by atoms with Crippen molar-refractivity contribution in [2.45, 2.75) is 13.8 Å². The van der Waals surface area contributed by atoms with Gasteiger partial charge in [0.2, 0.25) is 0 Å². The summed E-state index contributed by atoms with van der Waals surface area (Å²) in [5, 5.41) is 3.11. The molecule has 1 N–H and O–H groups in total. The molecular formula is C12H19NO2. The molecule has 84 valence electrons. The van der Waals surface area contributed by atoms with Gasteiger partial charge in [0.15, 0.2) is 6.29 Å². The monoisotopic (exact) mass is 209 g/mol. The second-order valence-corrected chi connectivity index (χ2v) is 2.82. The molecule has 0 radical (unpaired) electrons. The Balaban J connectivity index is 0.000000336. The van der Waals surface area contributed by atoms with Crippen LogP contribution in [0.1, 0.15) is 24.2 Å². The Hall–Kier alpha value is -1.35. The van der Waals surface area contributed by atoms with Gasteiger partial charge in [-0.05, 0) is 25.2 Å². The first-order valence-electron chi connectivity index (χ1n) is 5.09. The SMILES string of the molecule is CCNCC.COc1ccccc1C=O. The molecule has 3 nitrogen and oxygen atoms in total. The van der Waals surface area contributed by atoms with Gasteiger partial charge in [0.05, 0.1) is 12.7 Å². The number of methoxy groups -OCH3 is 1. The van der Waals surface area contributed by atoms with Crippen molar-refractivity contribution in [3.05, 3.63) is 29.8 Å². The minimum Gasteiger partial charge on any atom is -0.496 e. The molecule has 0 atom stereocenters. The summed E-state index contributed by atoms with van der Waals surface area (Å²) in [6.07, 6.45) is 0.777. The molecule has 1 aromatic rings. The molecule has 0 saturated heterocycles. The van der Waals surface area contributed by atoms with Crippen molar-refractivity contribution in [1.82, 2.24) is 5.32 Å². The van der Waals surface area contributed by atoms with E-state index in [-0.39, 0.29) is 0 Å². The number of nitrogens with one attached hydrogen (secondary N) is 1. The van der Waals surface area contributed by atoms with Crippen molar-refractivity contribution >= 4 is 6.29 Å². The van der Waals surface area contributed by atoms with E-state index in [0.717, 1.165) is 19.4 Å². The number of rotatable bonds is 4. The van der Waals surface area contributed by atoms with E-state index in [2.05, 4.69) is 19.2 Å². The molecule has 0 aliphatic carbocycles. The first-order valence-corrected chi connectivity index (χ1v) is 5.09. The van der Waals surface area contributed by atoms with Crippen LogP contribution in [0.25, 0.3) is 0 Å². The lowest BCUT2D eigenvalue weighted by Gasteiger charge is -1.99. The van der Waals surface area contributed by atoms with Crippen LogP contribution in [-0.4, -0.2) is 26.5 Å². The standard InChI is InChI=1S/C8H8O2.C4H11N/c1-10-8-5-3-2-4-7(8)6-9;1-3-5-4-2/h2-6H,1H3;5H,3-4H2,1-2H3. The van der Waals surface area contributed by atoms with Crippen molar-refractivity contribution in [3.63, 3.8) is 0 Å². The van der Waals surface area contributed by atoms with Crippen molar-refractivity contribution in [3.8, 4) is 5.75 Å². The highest BCUT2D eigenvalue weighted by Crippen LogP contribution is 2.13. The van der Waals surface area contributed by atoms with E-state index in [9.17, 15) is 4.79 Å². The molecule has 0 amide bonds. The summed E-state index contributed by atoms with van der Waals surface area (Å²) in [6, 6.07) is 7.09. The van der Waals surface area contributed by atoms with E-state index in [1.54, 1.807) is 25.3 Å². The van der Waals surface area contributed by atoms with Gasteiger partial charge in [-0.25, -0.2) is 0 Å². The quantitative estimate of drug-likeness (QED) is 0.772. The maximum Gasteiger partial charge on any atom is 0.153 e. The average Bonchev–Trinajstić information content (AvgIpc) is 2.31. The fourth-order valence-corrected chi connectivity index (χ4v) is 1.01. The fourth-order valence-electron chi connectivity index (χ4n) is 1.01. The first kappa shape index (κ1) is 13.7. The van der Waals surface area contributed by atoms with Crippen molar-refractivity contribution in [2.75, 3.05) is 20.2 Å². The molecule has 3 heteroatoms. The van der Waals surface area contributed by atoms with E-state index in [4.69, 9.17) is 4.74 Å². The van der Waals surface area contributed by atoms with E-state index >= 15 is 0 Å². The van der Waals surface area contributed by atoms with Gasteiger partial charge >= 0.3 is 0 Å². The zero-order chi connectivity index (χ0) is 11.5. The minimum atomic E-state index is 0.588. The van der Waals surface area contributed by atoms with Crippen molar-refractivity contribution in [2.24, 2.45) is 0 Å². The second kappa shape index (κ2) is 9.21. The van der Waals surface area contributed by atoms with Crippen LogP contribution < -0.4 is 10.1 Å². The molecule has 1 rings (SSSR count). The van der Waals surface area contributed by atoms with Crippen LogP contribution in [0.3, 0.4) is 0 Å². The lowest BCUT2D eigenvalue weighted by atomic mass is 10.2. The number of hydrogen-bond acceptors (Lipinski definition) is 3. The average molecular weight is 209 g/mol. The molecule has 0 aromatic heterocycles. The Morgan fingerprint density at radius 2 is 1.87 bits per heavy atom. The molecule has 15 heavy (non-hydrogen) atoms. The summed E-state index contributed by atoms with van der Waals surface area (Å²) in [5.74, 6) is 0.623. The topological polar surface area (TPSA) is 38.3 Å². The number of carbonyl (C=O) groups is 1. The second-order valence-electron chi connectivity index (χ2n) is 2.82. The Morgan fingerprint density at radius 1 is 1.27 bits per heavy atom. The number of carbonyl (C=O) groups excluding carboxylic acids is 1. The Morgan fingerprint density at radius 3 is 2.20 bits per heavy atom. The maximum absolute atomic E-state index is 10.3. The van der Waals surface area contributed by atoms with Gasteiger partial charge in [-0.3, -0.25) is 4.79 Å². The highest BCUT2D eigenvalue weighted by molar-refractivity contribution is 5.79. The van der Waals surface area contributed by atoms with Crippen LogP contribution in [0.2, 0.25) is 0 Å². The van der Waals surface area contributed by atoms with Gasteiger partial charge in [0.1, 0.15) is 5.75 Å². The molecule has 0 aliphatic rings. The third-order valence-corrected chi connectivity index (χ3v) is 1.77. The molecule has 0 unspecified atom stereocenters. The zero-order valence-corrected chi connectivity index (χ0v) is 9.62. The number of aldehydes is 1. The van der Waals surface area contributed by atoms with E-state index in [0.29, 0.717) is 11.3 Å². The minimum absolute atomic E-state index is 0.588. The van der Waals surface area contributed by atoms with Gasteiger partial charge in [-0.2, -0.15) is 0 Å². The van der Waals surface area contributed by atoms with E-state index in [1.165, 1.54) is 0 Å². The van der Waals surface area contributed by atoms with Gasteiger partial charge < -0.3 is 10.1 Å². The normalized spacial score (nSPS) is 8.73. The predicted octanol–water partition coefficient (Wildman–Crippen LogP) is 2.12. The van der Waals surface area contributed by atoms with Gasteiger partial charge in [-0.1, -0.05) is 26.0 Å². The molecule has 0 fully saturated rings. The summed E-state index contributed by atoms with van der Waals surface area (Å²) in [5.41, 5.74) is 0.588. The van der Waals surface area contributed by atoms with Gasteiger partial charge in [0.25, 0.3) is 0 Å². The first-order chi connectivity index (χ1) is 7.29. The Bertz CT molecular complexity index is 272. The molecule has 0 aliphatic heterocycles. The van der Waals surface area contributed by atoms with Crippen molar-refractivity contribution < 1.29 is 9.53 Å². The van der Waals surface area contributed by atoms with Crippen LogP contribution in [0, 0.1) is 0 Å². The van der Waals surface area contributed by atoms with Crippen LogP contribution >= 0.6 is 0 Å². The highest BCUT2D eigenvalue weighted by atomic mass is 16.5. The van der Waals surface area contributed by atoms with E-state index < -0.39 is 0 Å².